The van der Waals surface area contributed by atoms with Crippen LogP contribution in [0.5, 0.6) is 5.75 Å². The van der Waals surface area contributed by atoms with Crippen molar-refractivity contribution in [1.29, 1.82) is 0 Å². The maximum absolute atomic E-state index is 12.4. The molecule has 1 aliphatic rings. The van der Waals surface area contributed by atoms with E-state index in [1.165, 1.54) is 0 Å². The van der Waals surface area contributed by atoms with Gasteiger partial charge in [-0.05, 0) is 31.2 Å². The van der Waals surface area contributed by atoms with Crippen molar-refractivity contribution in [2.45, 2.75) is 13.3 Å². The van der Waals surface area contributed by atoms with Crippen molar-refractivity contribution in [3.05, 3.63) is 48.2 Å². The second kappa shape index (κ2) is 6.70. The van der Waals surface area contributed by atoms with Crippen molar-refractivity contribution in [2.24, 2.45) is 5.92 Å². The second-order valence-corrected chi connectivity index (χ2v) is 5.73. The normalized spacial score (nSPS) is 17.0. The highest BCUT2D eigenvalue weighted by Gasteiger charge is 2.36. The van der Waals surface area contributed by atoms with Crippen molar-refractivity contribution >= 4 is 23.3 Å². The minimum absolute atomic E-state index is 0.0862. The maximum atomic E-state index is 12.4. The number of amides is 2. The molecule has 3 rings (SSSR count). The average molecular weight is 325 g/mol. The summed E-state index contributed by atoms with van der Waals surface area (Å²) in [6, 6.07) is 12.7. The number of carbonyl (C=O) groups excluding carboxylic acids is 2. The highest BCUT2D eigenvalue weighted by atomic mass is 16.5. The molecule has 2 aromatic rings. The molecule has 1 atom stereocenters. The van der Waals surface area contributed by atoms with Crippen molar-refractivity contribution < 1.29 is 14.3 Å². The van der Waals surface area contributed by atoms with Gasteiger partial charge in [0.15, 0.2) is 0 Å². The van der Waals surface area contributed by atoms with Crippen LogP contribution in [0.2, 0.25) is 0 Å². The van der Waals surface area contributed by atoms with Gasteiger partial charge in [-0.1, -0.05) is 18.2 Å². The van der Waals surface area contributed by atoms with E-state index in [1.807, 2.05) is 37.3 Å². The molecule has 1 aromatic carbocycles. The van der Waals surface area contributed by atoms with Gasteiger partial charge in [0.2, 0.25) is 11.8 Å². The lowest BCUT2D eigenvalue weighted by Crippen LogP contribution is -2.28. The molecule has 0 bridgehead atoms. The van der Waals surface area contributed by atoms with Gasteiger partial charge in [0.25, 0.3) is 0 Å². The number of nitrogens with one attached hydrogen (secondary N) is 1. The first-order valence-corrected chi connectivity index (χ1v) is 7.76. The van der Waals surface area contributed by atoms with E-state index in [4.69, 9.17) is 4.74 Å². The fourth-order valence-electron chi connectivity index (χ4n) is 2.81. The number of carbonyl (C=O) groups is 2. The molecule has 1 N–H and O–H groups in total. The van der Waals surface area contributed by atoms with Crippen molar-refractivity contribution in [2.75, 3.05) is 23.9 Å². The zero-order chi connectivity index (χ0) is 17.1. The van der Waals surface area contributed by atoms with E-state index in [0.29, 0.717) is 23.8 Å². The van der Waals surface area contributed by atoms with Crippen LogP contribution in [-0.2, 0) is 9.59 Å². The van der Waals surface area contributed by atoms with Crippen LogP contribution in [0.25, 0.3) is 0 Å². The molecule has 0 spiro atoms. The Morgan fingerprint density at radius 2 is 2.04 bits per heavy atom. The number of anilines is 2. The lowest BCUT2D eigenvalue weighted by atomic mass is 10.1. The molecule has 2 amide bonds. The van der Waals surface area contributed by atoms with Crippen LogP contribution in [0, 0.1) is 12.8 Å². The third kappa shape index (κ3) is 3.22. The zero-order valence-corrected chi connectivity index (χ0v) is 13.7. The number of benzene rings is 1. The molecule has 0 saturated carbocycles. The van der Waals surface area contributed by atoms with E-state index in [-0.39, 0.29) is 18.2 Å². The van der Waals surface area contributed by atoms with E-state index in [2.05, 4.69) is 10.3 Å². The molecule has 0 aliphatic carbocycles. The van der Waals surface area contributed by atoms with Gasteiger partial charge in [-0.3, -0.25) is 9.59 Å². The van der Waals surface area contributed by atoms with Gasteiger partial charge in [-0.15, -0.1) is 0 Å². The molecule has 1 unspecified atom stereocenters. The van der Waals surface area contributed by atoms with Gasteiger partial charge in [-0.2, -0.15) is 0 Å². The Hall–Kier alpha value is -2.89. The maximum Gasteiger partial charge on any atom is 0.230 e. The zero-order valence-electron chi connectivity index (χ0n) is 13.7. The Morgan fingerprint density at radius 1 is 1.25 bits per heavy atom. The molecule has 0 radical (unpaired) electrons. The third-order valence-corrected chi connectivity index (χ3v) is 4.01. The number of rotatable bonds is 4. The monoisotopic (exact) mass is 325 g/mol. The lowest BCUT2D eigenvalue weighted by molar-refractivity contribution is -0.122. The fraction of sp³-hybridized carbons (Fsp3) is 0.278. The number of ether oxygens (including phenoxy) is 1. The third-order valence-electron chi connectivity index (χ3n) is 4.01. The predicted octanol–water partition coefficient (Wildman–Crippen LogP) is 2.39. The number of hydrogen-bond acceptors (Lipinski definition) is 4. The summed E-state index contributed by atoms with van der Waals surface area (Å²) in [6.45, 7) is 2.19. The lowest BCUT2D eigenvalue weighted by Gasteiger charge is -2.19. The first-order valence-electron chi connectivity index (χ1n) is 7.76. The molecule has 1 aromatic heterocycles. The number of nitrogens with zero attached hydrogens (tertiary/aromatic N) is 2. The first kappa shape index (κ1) is 16.0. The smallest absolute Gasteiger partial charge is 0.230 e. The number of hydrogen-bond donors (Lipinski definition) is 1. The van der Waals surface area contributed by atoms with Gasteiger partial charge < -0.3 is 15.0 Å². The molecule has 6 nitrogen and oxygen atoms in total. The highest BCUT2D eigenvalue weighted by molar-refractivity contribution is 6.03. The van der Waals surface area contributed by atoms with Gasteiger partial charge in [0.1, 0.15) is 11.6 Å². The first-order chi connectivity index (χ1) is 11.6. The Morgan fingerprint density at radius 3 is 2.79 bits per heavy atom. The molecular weight excluding hydrogens is 306 g/mol. The Balaban J connectivity index is 1.73. The molecule has 2 heterocycles. The quantitative estimate of drug-likeness (QED) is 0.937. The number of aryl methyl sites for hydroxylation is 1. The molecule has 1 fully saturated rings. The van der Waals surface area contributed by atoms with E-state index in [0.717, 1.165) is 5.69 Å². The van der Waals surface area contributed by atoms with Crippen LogP contribution < -0.4 is 15.0 Å². The SMILES string of the molecule is COc1ccccc1N1CC(C(=O)Nc2cccc(C)n2)CC1=O. The van der Waals surface area contributed by atoms with Crippen LogP contribution in [0.1, 0.15) is 12.1 Å². The van der Waals surface area contributed by atoms with E-state index in [9.17, 15) is 9.59 Å². The molecule has 1 saturated heterocycles. The number of methoxy groups -OCH3 is 1. The number of para-hydroxylation sites is 2. The summed E-state index contributed by atoms with van der Waals surface area (Å²) in [5.41, 5.74) is 1.51. The standard InChI is InChI=1S/C18H19N3O3/c1-12-6-5-9-16(19-12)20-18(23)13-10-17(22)21(11-13)14-7-3-4-8-15(14)24-2/h3-9,13H,10-11H2,1-2H3,(H,19,20,23). The topological polar surface area (TPSA) is 71.5 Å². The Labute approximate surface area is 140 Å². The predicted molar refractivity (Wildman–Crippen MR) is 91.1 cm³/mol. The van der Waals surface area contributed by atoms with Crippen LogP contribution in [0.3, 0.4) is 0 Å². The summed E-state index contributed by atoms with van der Waals surface area (Å²) >= 11 is 0. The Kier molecular flexibility index (Phi) is 4.46. The van der Waals surface area contributed by atoms with Gasteiger partial charge in [0, 0.05) is 18.7 Å². The van der Waals surface area contributed by atoms with Gasteiger partial charge in [-0.25, -0.2) is 4.98 Å². The molecule has 124 valence electrons. The van der Waals surface area contributed by atoms with E-state index < -0.39 is 5.92 Å². The Bertz CT molecular complexity index is 776. The van der Waals surface area contributed by atoms with Crippen molar-refractivity contribution in [3.63, 3.8) is 0 Å². The minimum Gasteiger partial charge on any atom is -0.495 e. The van der Waals surface area contributed by atoms with Crippen molar-refractivity contribution in [1.82, 2.24) is 4.98 Å². The molecule has 1 aliphatic heterocycles. The van der Waals surface area contributed by atoms with Crippen LogP contribution in [0.15, 0.2) is 42.5 Å². The van der Waals surface area contributed by atoms with Crippen LogP contribution in [-0.4, -0.2) is 30.5 Å². The number of aromatic nitrogens is 1. The summed E-state index contributed by atoms with van der Waals surface area (Å²) in [5, 5.41) is 2.79. The van der Waals surface area contributed by atoms with Crippen LogP contribution in [0.4, 0.5) is 11.5 Å². The van der Waals surface area contributed by atoms with E-state index >= 15 is 0 Å². The van der Waals surface area contributed by atoms with Crippen LogP contribution >= 0.6 is 0 Å². The fourth-order valence-corrected chi connectivity index (χ4v) is 2.81. The summed E-state index contributed by atoms with van der Waals surface area (Å²) in [5.74, 6) is 0.427. The largest absolute Gasteiger partial charge is 0.495 e. The number of pyridine rings is 1. The van der Waals surface area contributed by atoms with Crippen molar-refractivity contribution in [3.8, 4) is 5.75 Å². The summed E-state index contributed by atoms with van der Waals surface area (Å²) in [6.07, 6.45) is 0.176. The second-order valence-electron chi connectivity index (χ2n) is 5.73. The van der Waals surface area contributed by atoms with Gasteiger partial charge in [0.05, 0.1) is 18.7 Å². The summed E-state index contributed by atoms with van der Waals surface area (Å²) < 4.78 is 5.31. The molecule has 6 heteroatoms. The minimum atomic E-state index is -0.412. The summed E-state index contributed by atoms with van der Waals surface area (Å²) in [7, 11) is 1.56. The summed E-state index contributed by atoms with van der Waals surface area (Å²) in [4.78, 5) is 30.6. The molecule has 24 heavy (non-hydrogen) atoms. The highest BCUT2D eigenvalue weighted by Crippen LogP contribution is 2.33. The average Bonchev–Trinajstić information content (AvgIpc) is 2.96. The van der Waals surface area contributed by atoms with Gasteiger partial charge >= 0.3 is 0 Å². The van der Waals surface area contributed by atoms with E-state index in [1.54, 1.807) is 24.1 Å². The molecular formula is C18H19N3O3.